The lowest BCUT2D eigenvalue weighted by atomic mass is 10.1. The Morgan fingerprint density at radius 1 is 1.33 bits per heavy atom. The second kappa shape index (κ2) is 8.58. The highest BCUT2D eigenvalue weighted by atomic mass is 32.1. The Labute approximate surface area is 162 Å². The molecule has 2 rings (SSSR count). The SMILES string of the molecule is CCc1ccccc1NC(=S)NNC(=O)[C@H](C)n1nc(C)c([N+](=O)[O-])c1C. The summed E-state index contributed by atoms with van der Waals surface area (Å²) in [7, 11) is 0. The van der Waals surface area contributed by atoms with Crippen LogP contribution in [0.3, 0.4) is 0 Å². The van der Waals surface area contributed by atoms with Crippen molar-refractivity contribution in [2.45, 2.75) is 40.2 Å². The Balaban J connectivity index is 2.00. The third-order valence-corrected chi connectivity index (χ3v) is 4.37. The number of para-hydroxylation sites is 1. The summed E-state index contributed by atoms with van der Waals surface area (Å²) < 4.78 is 1.33. The summed E-state index contributed by atoms with van der Waals surface area (Å²) in [5, 5.41) is 18.5. The molecule has 1 atom stereocenters. The zero-order chi connectivity index (χ0) is 20.1. The van der Waals surface area contributed by atoms with E-state index < -0.39 is 16.9 Å². The van der Waals surface area contributed by atoms with Gasteiger partial charge in [0.2, 0.25) is 0 Å². The molecule has 1 aromatic heterocycles. The summed E-state index contributed by atoms with van der Waals surface area (Å²) >= 11 is 5.20. The van der Waals surface area contributed by atoms with Gasteiger partial charge in [-0.3, -0.25) is 30.4 Å². The van der Waals surface area contributed by atoms with Crippen LogP contribution in [0.15, 0.2) is 24.3 Å². The lowest BCUT2D eigenvalue weighted by Gasteiger charge is -2.17. The molecule has 27 heavy (non-hydrogen) atoms. The number of nitro groups is 1. The molecule has 0 aliphatic heterocycles. The third kappa shape index (κ3) is 4.59. The van der Waals surface area contributed by atoms with Gasteiger partial charge in [-0.1, -0.05) is 25.1 Å². The fourth-order valence-corrected chi connectivity index (χ4v) is 2.89. The number of rotatable bonds is 5. The molecular formula is C17H22N6O3S. The first-order valence-electron chi connectivity index (χ1n) is 8.41. The van der Waals surface area contributed by atoms with E-state index in [-0.39, 0.29) is 16.5 Å². The molecule has 0 saturated heterocycles. The first kappa shape index (κ1) is 20.3. The van der Waals surface area contributed by atoms with Crippen LogP contribution in [-0.2, 0) is 11.2 Å². The first-order chi connectivity index (χ1) is 12.8. The molecule has 0 radical (unpaired) electrons. The molecule has 1 amide bonds. The van der Waals surface area contributed by atoms with Gasteiger partial charge >= 0.3 is 5.69 Å². The number of aryl methyl sites for hydroxylation is 2. The second-order valence-corrected chi connectivity index (χ2v) is 6.38. The number of nitrogens with one attached hydrogen (secondary N) is 3. The predicted molar refractivity (Wildman–Crippen MR) is 106 cm³/mol. The van der Waals surface area contributed by atoms with Crippen molar-refractivity contribution >= 4 is 34.6 Å². The van der Waals surface area contributed by atoms with Gasteiger partial charge in [0, 0.05) is 5.69 Å². The summed E-state index contributed by atoms with van der Waals surface area (Å²) in [5.74, 6) is -0.427. The van der Waals surface area contributed by atoms with Crippen LogP contribution in [0.25, 0.3) is 0 Å². The topological polar surface area (TPSA) is 114 Å². The number of hydrazine groups is 1. The smallest absolute Gasteiger partial charge is 0.312 e. The van der Waals surface area contributed by atoms with Crippen molar-refractivity contribution < 1.29 is 9.72 Å². The minimum absolute atomic E-state index is 0.0871. The molecule has 3 N–H and O–H groups in total. The van der Waals surface area contributed by atoms with E-state index in [9.17, 15) is 14.9 Å². The molecule has 0 unspecified atom stereocenters. The molecule has 0 bridgehead atoms. The van der Waals surface area contributed by atoms with Crippen molar-refractivity contribution in [3.05, 3.63) is 51.3 Å². The number of carbonyl (C=O) groups excluding carboxylic acids is 1. The van der Waals surface area contributed by atoms with Crippen LogP contribution in [0.2, 0.25) is 0 Å². The molecule has 2 aromatic rings. The van der Waals surface area contributed by atoms with Crippen LogP contribution in [0, 0.1) is 24.0 Å². The Hall–Kier alpha value is -3.01. The van der Waals surface area contributed by atoms with Gasteiger partial charge in [0.25, 0.3) is 5.91 Å². The second-order valence-electron chi connectivity index (χ2n) is 5.98. The zero-order valence-corrected chi connectivity index (χ0v) is 16.4. The highest BCUT2D eigenvalue weighted by Gasteiger charge is 2.27. The summed E-state index contributed by atoms with van der Waals surface area (Å²) in [6, 6.07) is 6.96. The summed E-state index contributed by atoms with van der Waals surface area (Å²) in [5.41, 5.74) is 7.58. The first-order valence-corrected chi connectivity index (χ1v) is 8.81. The Morgan fingerprint density at radius 2 is 2.00 bits per heavy atom. The monoisotopic (exact) mass is 390 g/mol. The van der Waals surface area contributed by atoms with Gasteiger partial charge in [0.15, 0.2) is 5.11 Å². The molecular weight excluding hydrogens is 368 g/mol. The summed E-state index contributed by atoms with van der Waals surface area (Å²) in [6.45, 7) is 6.73. The maximum absolute atomic E-state index is 12.4. The molecule has 0 saturated carbocycles. The lowest BCUT2D eigenvalue weighted by molar-refractivity contribution is -0.386. The molecule has 1 heterocycles. The fourth-order valence-electron chi connectivity index (χ4n) is 2.73. The van der Waals surface area contributed by atoms with Crippen LogP contribution >= 0.6 is 12.2 Å². The van der Waals surface area contributed by atoms with E-state index in [0.29, 0.717) is 5.69 Å². The van der Waals surface area contributed by atoms with E-state index in [0.717, 1.165) is 17.7 Å². The number of hydrogen-bond acceptors (Lipinski definition) is 5. The molecule has 144 valence electrons. The molecule has 0 fully saturated rings. The molecule has 10 heteroatoms. The van der Waals surface area contributed by atoms with Crippen LogP contribution in [-0.4, -0.2) is 25.7 Å². The van der Waals surface area contributed by atoms with Gasteiger partial charge in [0.1, 0.15) is 17.4 Å². The van der Waals surface area contributed by atoms with Gasteiger partial charge in [-0.25, -0.2) is 0 Å². The van der Waals surface area contributed by atoms with Gasteiger partial charge in [-0.15, -0.1) is 0 Å². The molecule has 9 nitrogen and oxygen atoms in total. The van der Waals surface area contributed by atoms with Crippen molar-refractivity contribution in [2.24, 2.45) is 0 Å². The average Bonchev–Trinajstić information content (AvgIpc) is 2.93. The van der Waals surface area contributed by atoms with Gasteiger partial charge in [0.05, 0.1) is 4.92 Å². The third-order valence-electron chi connectivity index (χ3n) is 4.16. The summed E-state index contributed by atoms with van der Waals surface area (Å²) in [4.78, 5) is 23.0. The highest BCUT2D eigenvalue weighted by molar-refractivity contribution is 7.80. The van der Waals surface area contributed by atoms with E-state index >= 15 is 0 Å². The molecule has 0 aliphatic carbocycles. The number of thiocarbonyl (C=S) groups is 1. The van der Waals surface area contributed by atoms with E-state index in [1.165, 1.54) is 11.6 Å². The van der Waals surface area contributed by atoms with Crippen molar-refractivity contribution in [3.63, 3.8) is 0 Å². The minimum atomic E-state index is -0.754. The molecule has 1 aromatic carbocycles. The van der Waals surface area contributed by atoms with Crippen LogP contribution in [0.4, 0.5) is 11.4 Å². The minimum Gasteiger partial charge on any atom is -0.331 e. The average molecular weight is 390 g/mol. The van der Waals surface area contributed by atoms with Crippen molar-refractivity contribution in [1.82, 2.24) is 20.6 Å². The number of benzene rings is 1. The van der Waals surface area contributed by atoms with Gasteiger partial charge in [-0.05, 0) is 51.0 Å². The number of amides is 1. The van der Waals surface area contributed by atoms with E-state index in [2.05, 4.69) is 21.3 Å². The van der Waals surface area contributed by atoms with Crippen molar-refractivity contribution in [1.29, 1.82) is 0 Å². The number of hydrogen-bond donors (Lipinski definition) is 3. The maximum atomic E-state index is 12.4. The van der Waals surface area contributed by atoms with E-state index in [4.69, 9.17) is 12.2 Å². The van der Waals surface area contributed by atoms with E-state index in [1.54, 1.807) is 13.8 Å². The largest absolute Gasteiger partial charge is 0.331 e. The highest BCUT2D eigenvalue weighted by Crippen LogP contribution is 2.24. The predicted octanol–water partition coefficient (Wildman–Crippen LogP) is 2.55. The number of nitrogens with zero attached hydrogens (tertiary/aromatic N) is 3. The van der Waals surface area contributed by atoms with Gasteiger partial charge in [-0.2, -0.15) is 5.10 Å². The standard InChI is InChI=1S/C17H22N6O3S/c1-5-13-8-6-7-9-14(13)18-17(27)20-19-16(24)12(4)22-11(3)15(23(25)26)10(2)21-22/h6-9,12H,5H2,1-4H3,(H,19,24)(H2,18,20,27)/t12-/m0/s1. The lowest BCUT2D eigenvalue weighted by Crippen LogP contribution is -2.46. The maximum Gasteiger partial charge on any atom is 0.312 e. The van der Waals surface area contributed by atoms with Crippen molar-refractivity contribution in [3.8, 4) is 0 Å². The van der Waals surface area contributed by atoms with Gasteiger partial charge < -0.3 is 5.32 Å². The summed E-state index contributed by atoms with van der Waals surface area (Å²) in [6.07, 6.45) is 0.839. The fraction of sp³-hybridized carbons (Fsp3) is 0.353. The van der Waals surface area contributed by atoms with Crippen LogP contribution in [0.1, 0.15) is 36.8 Å². The quantitative estimate of drug-likeness (QED) is 0.408. The zero-order valence-electron chi connectivity index (χ0n) is 15.6. The Bertz CT molecular complexity index is 880. The van der Waals surface area contributed by atoms with Crippen LogP contribution in [0.5, 0.6) is 0 Å². The number of anilines is 1. The van der Waals surface area contributed by atoms with Crippen molar-refractivity contribution in [2.75, 3.05) is 5.32 Å². The van der Waals surface area contributed by atoms with Crippen LogP contribution < -0.4 is 16.2 Å². The normalized spacial score (nSPS) is 11.6. The number of aromatic nitrogens is 2. The Morgan fingerprint density at radius 3 is 2.59 bits per heavy atom. The number of carbonyl (C=O) groups is 1. The molecule has 0 spiro atoms. The van der Waals surface area contributed by atoms with E-state index in [1.807, 2.05) is 31.2 Å². The Kier molecular flexibility index (Phi) is 6.45. The molecule has 0 aliphatic rings.